The fourth-order valence-corrected chi connectivity index (χ4v) is 8.64. The number of carboxylic acids is 1. The Labute approximate surface area is 489 Å². The van der Waals surface area contributed by atoms with Crippen molar-refractivity contribution >= 4 is 71.1 Å². The number of unbranched alkanes of at least 4 members (excludes halogenated alkanes) is 13. The molecule has 0 aliphatic rings. The van der Waals surface area contributed by atoms with E-state index < -0.39 is 133 Å². The standard InChI is InChI=1S/C54H102N16O13/c1-6-7-8-9-10-11-12-13-14-15-16-17-18-26-42(73)63-32-43(74)64-41(33-71)51(82)70-45(35(4)72)52(83)69-40(31-44(75)76)50(81)67-38(25-22-29-62-54(58)59)48(79)68-39(30-34(2)3)49(80)66-37(24-21-28-61-53(56)57)47(78)65-36(46(77)60-5)23-19-20-27-55/h34-41,45,71-72H,6-33,55H2,1-5H3,(H,60,77)(H,63,73)(H,64,74)(H,65,78)(H,66,80)(H,67,81)(H,68,79)(H,69,83)(H,70,82)(H,75,76)(H4,56,57,61)(H4,58,59,62)/t35-,36+,37+,38+,39+,40+,41+,45+/m1/s1. The van der Waals surface area contributed by atoms with Crippen molar-refractivity contribution in [2.75, 3.05) is 39.8 Å². The number of aliphatic hydroxyl groups is 2. The molecular formula is C54H102N16O13. The molecule has 0 heterocycles. The number of carbonyl (C=O) groups is 10. The quantitative estimate of drug-likeness (QED) is 0.0183. The van der Waals surface area contributed by atoms with E-state index in [4.69, 9.17) is 28.0 Å². The van der Waals surface area contributed by atoms with Gasteiger partial charge in [-0.3, -0.25) is 58.8 Å². The van der Waals surface area contributed by atoms with Gasteiger partial charge in [-0.15, -0.1) is 0 Å². The van der Waals surface area contributed by atoms with Crippen LogP contribution >= 0.6 is 0 Å². The van der Waals surface area contributed by atoms with Crippen molar-refractivity contribution in [2.45, 2.75) is 224 Å². The number of guanidine groups is 2. The van der Waals surface area contributed by atoms with Crippen molar-refractivity contribution in [1.82, 2.24) is 58.5 Å². The minimum atomic E-state index is -1.97. The van der Waals surface area contributed by atoms with E-state index in [1.54, 1.807) is 13.8 Å². The van der Waals surface area contributed by atoms with Crippen LogP contribution in [0.4, 0.5) is 0 Å². The number of carbonyl (C=O) groups excluding carboxylic acids is 9. The summed E-state index contributed by atoms with van der Waals surface area (Å²) in [6.07, 6.45) is 13.5. The number of nitrogens with one attached hydrogen (secondary N) is 13. The topological polar surface area (TPSA) is 489 Å². The molecule has 476 valence electrons. The third-order valence-electron chi connectivity index (χ3n) is 13.3. The highest BCUT2D eigenvalue weighted by molar-refractivity contribution is 5.99. The number of hydrogen-bond acceptors (Lipinski definition) is 15. The number of carboxylic acid groups (broad SMARTS) is 1. The van der Waals surface area contributed by atoms with E-state index in [9.17, 15) is 63.3 Å². The molecule has 22 N–H and O–H groups in total. The largest absolute Gasteiger partial charge is 0.481 e. The molecular weight excluding hydrogens is 1080 g/mol. The van der Waals surface area contributed by atoms with Gasteiger partial charge in [0.1, 0.15) is 42.3 Å². The van der Waals surface area contributed by atoms with E-state index in [1.807, 2.05) is 0 Å². The SMILES string of the molecule is CCCCCCCCCCCCCCCC(=O)NCC(=O)N[C@@H](CO)C(=O)N[C@H](C(=O)N[C@@H](CC(=O)O)C(=O)N[C@@H](CCCNC(=N)N)C(=O)N[C@@H](CC(C)C)C(=O)N[C@@H](CCCNC(=N)N)C(=O)N[C@@H](CCCCN)C(=O)NC)[C@@H](C)O. The van der Waals surface area contributed by atoms with Crippen LogP contribution in [0.25, 0.3) is 0 Å². The maximum absolute atomic E-state index is 14.2. The van der Waals surface area contributed by atoms with Crippen molar-refractivity contribution in [3.05, 3.63) is 0 Å². The second-order valence-corrected chi connectivity index (χ2v) is 21.2. The van der Waals surface area contributed by atoms with Crippen molar-refractivity contribution < 1.29 is 63.3 Å². The van der Waals surface area contributed by atoms with Crippen LogP contribution in [0.1, 0.15) is 175 Å². The Morgan fingerprint density at radius 3 is 1.34 bits per heavy atom. The highest BCUT2D eigenvalue weighted by Crippen LogP contribution is 2.14. The third-order valence-corrected chi connectivity index (χ3v) is 13.3. The Morgan fingerprint density at radius 2 is 0.904 bits per heavy atom. The van der Waals surface area contributed by atoms with Crippen LogP contribution in [0.2, 0.25) is 0 Å². The molecule has 9 amide bonds. The second kappa shape index (κ2) is 45.6. The van der Waals surface area contributed by atoms with Crippen LogP contribution < -0.4 is 75.7 Å². The molecule has 0 saturated heterocycles. The molecule has 0 unspecified atom stereocenters. The van der Waals surface area contributed by atoms with Gasteiger partial charge in [0.15, 0.2) is 11.9 Å². The van der Waals surface area contributed by atoms with Crippen molar-refractivity contribution in [1.29, 1.82) is 10.8 Å². The van der Waals surface area contributed by atoms with Crippen molar-refractivity contribution in [2.24, 2.45) is 23.1 Å². The maximum Gasteiger partial charge on any atom is 0.305 e. The number of hydrogen-bond donors (Lipinski definition) is 19. The van der Waals surface area contributed by atoms with E-state index in [0.717, 1.165) is 32.6 Å². The molecule has 29 heteroatoms. The molecule has 0 aromatic rings. The monoisotopic (exact) mass is 1180 g/mol. The zero-order valence-electron chi connectivity index (χ0n) is 49.7. The van der Waals surface area contributed by atoms with Crippen LogP contribution in [0.15, 0.2) is 0 Å². The predicted octanol–water partition coefficient (Wildman–Crippen LogP) is -1.73. The molecule has 0 aliphatic carbocycles. The number of aliphatic hydroxyl groups excluding tert-OH is 2. The van der Waals surface area contributed by atoms with E-state index in [-0.39, 0.29) is 69.9 Å². The van der Waals surface area contributed by atoms with Gasteiger partial charge in [-0.1, -0.05) is 97.8 Å². The molecule has 0 saturated carbocycles. The number of amides is 9. The number of likely N-dealkylation sites (N-methyl/N-ethyl adjacent to an activating group) is 1. The van der Waals surface area contributed by atoms with E-state index in [0.29, 0.717) is 25.8 Å². The van der Waals surface area contributed by atoms with Gasteiger partial charge >= 0.3 is 5.97 Å². The first-order valence-corrected chi connectivity index (χ1v) is 29.4. The van der Waals surface area contributed by atoms with Gasteiger partial charge in [0, 0.05) is 26.6 Å². The summed E-state index contributed by atoms with van der Waals surface area (Å²) in [7, 11) is 1.40. The number of rotatable bonds is 48. The van der Waals surface area contributed by atoms with Gasteiger partial charge in [0.25, 0.3) is 0 Å². The molecule has 0 spiro atoms. The lowest BCUT2D eigenvalue weighted by Gasteiger charge is -2.28. The molecule has 0 radical (unpaired) electrons. The summed E-state index contributed by atoms with van der Waals surface area (Å²) in [5, 5.41) is 72.5. The zero-order chi connectivity index (χ0) is 62.7. The molecule has 0 rings (SSSR count). The molecule has 0 bridgehead atoms. The fraction of sp³-hybridized carbons (Fsp3) is 0.778. The highest BCUT2D eigenvalue weighted by Gasteiger charge is 2.36. The molecule has 0 aliphatic heterocycles. The number of nitrogens with two attached hydrogens (primary N) is 3. The first-order chi connectivity index (χ1) is 39.4. The molecule has 0 aromatic heterocycles. The minimum absolute atomic E-state index is 0.00852. The third kappa shape index (κ3) is 37.0. The summed E-state index contributed by atoms with van der Waals surface area (Å²) in [6, 6.07) is -10.8. The summed E-state index contributed by atoms with van der Waals surface area (Å²) >= 11 is 0. The van der Waals surface area contributed by atoms with Gasteiger partial charge in [0.05, 0.1) is 25.7 Å². The number of aliphatic carboxylic acids is 1. The Balaban J connectivity index is 6.15. The average molecular weight is 1180 g/mol. The molecule has 83 heavy (non-hydrogen) atoms. The zero-order valence-corrected chi connectivity index (χ0v) is 49.7. The average Bonchev–Trinajstić information content (AvgIpc) is 3.50. The van der Waals surface area contributed by atoms with Crippen LogP contribution in [-0.4, -0.2) is 175 Å². The maximum atomic E-state index is 14.2. The van der Waals surface area contributed by atoms with Crippen LogP contribution in [0, 0.1) is 16.7 Å². The lowest BCUT2D eigenvalue weighted by Crippen LogP contribution is -2.62. The summed E-state index contributed by atoms with van der Waals surface area (Å²) in [4.78, 5) is 133. The summed E-state index contributed by atoms with van der Waals surface area (Å²) in [5.41, 5.74) is 16.5. The highest BCUT2D eigenvalue weighted by atomic mass is 16.4. The lowest BCUT2D eigenvalue weighted by atomic mass is 10.0. The van der Waals surface area contributed by atoms with Crippen molar-refractivity contribution in [3.63, 3.8) is 0 Å². The van der Waals surface area contributed by atoms with Gasteiger partial charge in [-0.2, -0.15) is 0 Å². The molecule has 8 atom stereocenters. The lowest BCUT2D eigenvalue weighted by molar-refractivity contribution is -0.142. The minimum Gasteiger partial charge on any atom is -0.481 e. The Morgan fingerprint density at radius 1 is 0.482 bits per heavy atom. The van der Waals surface area contributed by atoms with E-state index >= 15 is 0 Å². The first-order valence-electron chi connectivity index (χ1n) is 29.4. The Kier molecular flexibility index (Phi) is 41.8. The second-order valence-electron chi connectivity index (χ2n) is 21.2. The smallest absolute Gasteiger partial charge is 0.305 e. The van der Waals surface area contributed by atoms with Crippen LogP contribution in [-0.2, 0) is 47.9 Å². The Hall–Kier alpha value is -6.88. The van der Waals surface area contributed by atoms with Crippen LogP contribution in [0.5, 0.6) is 0 Å². The molecule has 29 nitrogen and oxygen atoms in total. The fourth-order valence-electron chi connectivity index (χ4n) is 8.64. The van der Waals surface area contributed by atoms with Gasteiger partial charge in [0.2, 0.25) is 53.2 Å². The van der Waals surface area contributed by atoms with Gasteiger partial charge in [-0.25, -0.2) is 0 Å². The van der Waals surface area contributed by atoms with Gasteiger partial charge in [-0.05, 0) is 77.2 Å². The Bertz CT molecular complexity index is 2020. The summed E-state index contributed by atoms with van der Waals surface area (Å²) in [5.74, 6) is -10.5. The molecule has 0 aromatic carbocycles. The van der Waals surface area contributed by atoms with E-state index in [2.05, 4.69) is 65.4 Å². The summed E-state index contributed by atoms with van der Waals surface area (Å²) in [6.45, 7) is 5.77. The van der Waals surface area contributed by atoms with Gasteiger partial charge < -0.3 is 91.0 Å². The van der Waals surface area contributed by atoms with Crippen molar-refractivity contribution in [3.8, 4) is 0 Å². The normalized spacial score (nSPS) is 13.9. The summed E-state index contributed by atoms with van der Waals surface area (Å²) < 4.78 is 0. The first kappa shape index (κ1) is 76.1. The van der Waals surface area contributed by atoms with Crippen LogP contribution in [0.3, 0.4) is 0 Å². The molecule has 0 fully saturated rings. The van der Waals surface area contributed by atoms with E-state index in [1.165, 1.54) is 58.4 Å². The predicted molar refractivity (Wildman–Crippen MR) is 313 cm³/mol.